The summed E-state index contributed by atoms with van der Waals surface area (Å²) in [5.41, 5.74) is 0.344. The Hall–Kier alpha value is -3.10. The minimum absolute atomic E-state index is 0.0547. The fraction of sp³-hybridized carbons (Fsp3) is 0.0909. The van der Waals surface area contributed by atoms with Crippen LogP contribution in [0.1, 0.15) is 26.6 Å². The first-order valence-corrected chi connectivity index (χ1v) is 5.37. The number of aromatic nitrogens is 1. The molecular formula is C11H9N3O6. The average Bonchev–Trinajstić information content (AvgIpc) is 2.96. The summed E-state index contributed by atoms with van der Waals surface area (Å²) in [4.78, 5) is 35.2. The van der Waals surface area contributed by atoms with Gasteiger partial charge in [-0.15, -0.1) is 0 Å². The van der Waals surface area contributed by atoms with Gasteiger partial charge < -0.3 is 19.8 Å². The number of aryl methyl sites for hydroxylation is 1. The molecule has 3 N–H and O–H groups in total. The molecule has 0 saturated heterocycles. The number of nitrogens with one attached hydrogen (secondary N) is 2. The van der Waals surface area contributed by atoms with E-state index in [-0.39, 0.29) is 17.0 Å². The van der Waals surface area contributed by atoms with Gasteiger partial charge in [0.05, 0.1) is 11.8 Å². The zero-order valence-electron chi connectivity index (χ0n) is 10.2. The third-order valence-electron chi connectivity index (χ3n) is 2.53. The van der Waals surface area contributed by atoms with Crippen molar-refractivity contribution < 1.29 is 24.0 Å². The van der Waals surface area contributed by atoms with Gasteiger partial charge in [-0.25, -0.2) is 4.79 Å². The molecule has 2 heterocycles. The Bertz CT molecular complexity index is 699. The van der Waals surface area contributed by atoms with Gasteiger partial charge in [-0.05, 0) is 13.0 Å². The van der Waals surface area contributed by atoms with Crippen molar-refractivity contribution in [3.8, 4) is 0 Å². The number of nitrogens with zero attached hydrogens (tertiary/aromatic N) is 1. The van der Waals surface area contributed by atoms with Crippen LogP contribution in [0, 0.1) is 17.0 Å². The number of hydrogen-bond donors (Lipinski definition) is 3. The third kappa shape index (κ3) is 2.36. The molecule has 104 valence electrons. The maximum absolute atomic E-state index is 11.8. The van der Waals surface area contributed by atoms with Crippen LogP contribution >= 0.6 is 0 Å². The monoisotopic (exact) mass is 279 g/mol. The van der Waals surface area contributed by atoms with Gasteiger partial charge in [0, 0.05) is 11.9 Å². The van der Waals surface area contributed by atoms with Gasteiger partial charge >= 0.3 is 11.9 Å². The number of nitro groups is 1. The summed E-state index contributed by atoms with van der Waals surface area (Å²) in [5, 5.41) is 21.8. The van der Waals surface area contributed by atoms with Gasteiger partial charge in [0.15, 0.2) is 5.76 Å². The highest BCUT2D eigenvalue weighted by molar-refractivity contribution is 6.06. The first kappa shape index (κ1) is 13.3. The summed E-state index contributed by atoms with van der Waals surface area (Å²) in [6, 6.07) is 2.17. The Morgan fingerprint density at radius 1 is 1.45 bits per heavy atom. The van der Waals surface area contributed by atoms with E-state index >= 15 is 0 Å². The van der Waals surface area contributed by atoms with E-state index in [2.05, 4.69) is 10.3 Å². The van der Waals surface area contributed by atoms with E-state index in [1.807, 2.05) is 0 Å². The Labute approximate surface area is 111 Å². The lowest BCUT2D eigenvalue weighted by molar-refractivity contribution is -0.402. The topological polar surface area (TPSA) is 138 Å². The molecule has 0 aromatic carbocycles. The van der Waals surface area contributed by atoms with Crippen molar-refractivity contribution in [3.05, 3.63) is 45.5 Å². The number of carbonyl (C=O) groups is 2. The second-order valence-electron chi connectivity index (χ2n) is 3.86. The highest BCUT2D eigenvalue weighted by atomic mass is 16.6. The molecule has 0 unspecified atom stereocenters. The fourth-order valence-electron chi connectivity index (χ4n) is 1.63. The van der Waals surface area contributed by atoms with Crippen LogP contribution in [-0.4, -0.2) is 26.9 Å². The normalized spacial score (nSPS) is 10.2. The molecule has 0 spiro atoms. The molecule has 2 aromatic heterocycles. The summed E-state index contributed by atoms with van der Waals surface area (Å²) in [6.45, 7) is 1.54. The van der Waals surface area contributed by atoms with Gasteiger partial charge in [0.1, 0.15) is 10.5 Å². The van der Waals surface area contributed by atoms with E-state index < -0.39 is 22.7 Å². The number of anilines is 1. The van der Waals surface area contributed by atoms with Crippen LogP contribution in [-0.2, 0) is 0 Å². The SMILES string of the molecule is Cc1[nH]cc(NC(=O)c2ccc([N+](=O)[O-])o2)c1C(=O)O. The zero-order chi connectivity index (χ0) is 14.9. The van der Waals surface area contributed by atoms with Crippen LogP contribution in [0.5, 0.6) is 0 Å². The van der Waals surface area contributed by atoms with Crippen LogP contribution in [0.15, 0.2) is 22.7 Å². The number of carboxylic acids is 1. The lowest BCUT2D eigenvalue weighted by Gasteiger charge is -2.02. The molecule has 9 nitrogen and oxygen atoms in total. The molecule has 0 atom stereocenters. The van der Waals surface area contributed by atoms with Crippen molar-refractivity contribution in [1.82, 2.24) is 4.98 Å². The van der Waals surface area contributed by atoms with E-state index in [0.29, 0.717) is 5.69 Å². The molecule has 20 heavy (non-hydrogen) atoms. The summed E-state index contributed by atoms with van der Waals surface area (Å²) in [5.74, 6) is -2.84. The van der Waals surface area contributed by atoms with Crippen LogP contribution in [0.25, 0.3) is 0 Å². The number of rotatable bonds is 4. The van der Waals surface area contributed by atoms with Crippen molar-refractivity contribution in [3.63, 3.8) is 0 Å². The minimum Gasteiger partial charge on any atom is -0.478 e. The van der Waals surface area contributed by atoms with E-state index in [1.54, 1.807) is 0 Å². The molecule has 9 heteroatoms. The minimum atomic E-state index is -1.20. The standard InChI is InChI=1S/C11H9N3O6/c1-5-9(11(16)17)6(4-12-5)13-10(15)7-2-3-8(20-7)14(18)19/h2-4,12H,1H3,(H,13,15)(H,16,17). The van der Waals surface area contributed by atoms with Crippen molar-refractivity contribution in [1.29, 1.82) is 0 Å². The van der Waals surface area contributed by atoms with Gasteiger partial charge in [-0.3, -0.25) is 14.9 Å². The summed E-state index contributed by atoms with van der Waals surface area (Å²) in [6.07, 6.45) is 1.31. The molecular weight excluding hydrogens is 270 g/mol. The Balaban J connectivity index is 2.23. The number of carboxylic acid groups (broad SMARTS) is 1. The van der Waals surface area contributed by atoms with Gasteiger partial charge in [0.2, 0.25) is 0 Å². The molecule has 0 aliphatic carbocycles. The van der Waals surface area contributed by atoms with Crippen LogP contribution < -0.4 is 5.32 Å². The van der Waals surface area contributed by atoms with Crippen LogP contribution in [0.4, 0.5) is 11.6 Å². The van der Waals surface area contributed by atoms with Crippen molar-refractivity contribution in [2.75, 3.05) is 5.32 Å². The van der Waals surface area contributed by atoms with E-state index in [0.717, 1.165) is 12.1 Å². The molecule has 0 radical (unpaired) electrons. The second-order valence-corrected chi connectivity index (χ2v) is 3.86. The summed E-state index contributed by atoms with van der Waals surface area (Å²) >= 11 is 0. The lowest BCUT2D eigenvalue weighted by atomic mass is 10.2. The van der Waals surface area contributed by atoms with Crippen LogP contribution in [0.2, 0.25) is 0 Å². The molecule has 2 rings (SSSR count). The Morgan fingerprint density at radius 2 is 2.15 bits per heavy atom. The second kappa shape index (κ2) is 4.88. The number of aromatic carboxylic acids is 1. The highest BCUT2D eigenvalue weighted by Crippen LogP contribution is 2.21. The molecule has 0 fully saturated rings. The van der Waals surface area contributed by atoms with E-state index in [4.69, 9.17) is 9.52 Å². The lowest BCUT2D eigenvalue weighted by Crippen LogP contribution is -2.13. The molecule has 0 aliphatic rings. The maximum atomic E-state index is 11.8. The number of carbonyl (C=O) groups excluding carboxylic acids is 1. The maximum Gasteiger partial charge on any atom is 0.433 e. The van der Waals surface area contributed by atoms with Gasteiger partial charge in [0.25, 0.3) is 5.91 Å². The van der Waals surface area contributed by atoms with Gasteiger partial charge in [-0.2, -0.15) is 0 Å². The van der Waals surface area contributed by atoms with Crippen molar-refractivity contribution in [2.24, 2.45) is 0 Å². The molecule has 0 aliphatic heterocycles. The number of H-pyrrole nitrogens is 1. The van der Waals surface area contributed by atoms with Crippen molar-refractivity contribution in [2.45, 2.75) is 6.92 Å². The first-order chi connectivity index (χ1) is 9.40. The smallest absolute Gasteiger partial charge is 0.433 e. The van der Waals surface area contributed by atoms with E-state index in [1.165, 1.54) is 13.1 Å². The average molecular weight is 279 g/mol. The van der Waals surface area contributed by atoms with Gasteiger partial charge in [-0.1, -0.05) is 0 Å². The van der Waals surface area contributed by atoms with Crippen LogP contribution in [0.3, 0.4) is 0 Å². The third-order valence-corrected chi connectivity index (χ3v) is 2.53. The predicted molar refractivity (Wildman–Crippen MR) is 65.8 cm³/mol. The Kier molecular flexibility index (Phi) is 3.25. The predicted octanol–water partition coefficient (Wildman–Crippen LogP) is 1.77. The summed E-state index contributed by atoms with van der Waals surface area (Å²) < 4.78 is 4.72. The number of amides is 1. The molecule has 0 saturated carbocycles. The Morgan fingerprint density at radius 3 is 2.70 bits per heavy atom. The fourth-order valence-corrected chi connectivity index (χ4v) is 1.63. The molecule has 2 aromatic rings. The number of aromatic amines is 1. The molecule has 1 amide bonds. The largest absolute Gasteiger partial charge is 0.478 e. The first-order valence-electron chi connectivity index (χ1n) is 5.37. The highest BCUT2D eigenvalue weighted by Gasteiger charge is 2.21. The van der Waals surface area contributed by atoms with Crippen molar-refractivity contribution >= 4 is 23.4 Å². The summed E-state index contributed by atoms with van der Waals surface area (Å²) in [7, 11) is 0. The number of hydrogen-bond acceptors (Lipinski definition) is 5. The quantitative estimate of drug-likeness (QED) is 0.575. The number of furan rings is 1. The molecule has 0 bridgehead atoms. The van der Waals surface area contributed by atoms with E-state index in [9.17, 15) is 19.7 Å². The zero-order valence-corrected chi connectivity index (χ0v) is 10.2.